The molecule has 3 amide bonds. The maximum atomic E-state index is 13.1. The molecular weight excluding hydrogens is 458 g/mol. The summed E-state index contributed by atoms with van der Waals surface area (Å²) in [5.41, 5.74) is 4.20. The van der Waals surface area contributed by atoms with Gasteiger partial charge in [-0.15, -0.1) is 0 Å². The number of amides is 3. The summed E-state index contributed by atoms with van der Waals surface area (Å²) in [4.78, 5) is 40.2. The van der Waals surface area contributed by atoms with Gasteiger partial charge in [-0.25, -0.2) is 0 Å². The second-order valence-electron chi connectivity index (χ2n) is 8.76. The van der Waals surface area contributed by atoms with Gasteiger partial charge in [-0.2, -0.15) is 0 Å². The molecule has 1 unspecified atom stereocenters. The van der Waals surface area contributed by atoms with Gasteiger partial charge in [-0.1, -0.05) is 35.9 Å². The Hall–Kier alpha value is -4.33. The van der Waals surface area contributed by atoms with Crippen molar-refractivity contribution >= 4 is 34.8 Å². The van der Waals surface area contributed by atoms with Crippen LogP contribution in [-0.4, -0.2) is 38.5 Å². The molecule has 36 heavy (non-hydrogen) atoms. The largest absolute Gasteiger partial charge is 0.494 e. The van der Waals surface area contributed by atoms with Crippen molar-refractivity contribution < 1.29 is 23.9 Å². The zero-order valence-electron chi connectivity index (χ0n) is 20.8. The number of ether oxygens (including phenoxy) is 2. The van der Waals surface area contributed by atoms with Gasteiger partial charge in [0.15, 0.2) is 0 Å². The molecule has 1 fully saturated rings. The van der Waals surface area contributed by atoms with E-state index in [1.54, 1.807) is 41.3 Å². The fourth-order valence-electron chi connectivity index (χ4n) is 4.34. The molecule has 0 aliphatic carbocycles. The van der Waals surface area contributed by atoms with Crippen LogP contribution in [0.5, 0.6) is 11.5 Å². The summed E-state index contributed by atoms with van der Waals surface area (Å²) < 4.78 is 10.9. The predicted molar refractivity (Wildman–Crippen MR) is 139 cm³/mol. The first kappa shape index (κ1) is 24.8. The lowest BCUT2D eigenvalue weighted by atomic mass is 10.1. The first-order valence-electron chi connectivity index (χ1n) is 11.6. The lowest BCUT2D eigenvalue weighted by Gasteiger charge is -2.20. The van der Waals surface area contributed by atoms with Gasteiger partial charge in [0.2, 0.25) is 11.8 Å². The Balaban J connectivity index is 1.51. The van der Waals surface area contributed by atoms with Crippen molar-refractivity contribution in [3.63, 3.8) is 0 Å². The second kappa shape index (κ2) is 10.5. The van der Waals surface area contributed by atoms with Crippen molar-refractivity contribution in [3.8, 4) is 11.5 Å². The van der Waals surface area contributed by atoms with Crippen LogP contribution in [0.4, 0.5) is 17.1 Å². The number of anilines is 3. The molecule has 0 saturated carbocycles. The van der Waals surface area contributed by atoms with Crippen molar-refractivity contribution in [3.05, 3.63) is 77.4 Å². The number of aryl methyl sites for hydroxylation is 2. The molecule has 8 heteroatoms. The Morgan fingerprint density at radius 3 is 2.14 bits per heavy atom. The summed E-state index contributed by atoms with van der Waals surface area (Å²) in [6.45, 7) is 4.25. The molecule has 1 heterocycles. The number of methoxy groups -OCH3 is 2. The number of carbonyl (C=O) groups excluding carboxylic acids is 3. The number of hydrogen-bond acceptors (Lipinski definition) is 5. The summed E-state index contributed by atoms with van der Waals surface area (Å²) in [5, 5.41) is 5.69. The van der Waals surface area contributed by atoms with E-state index in [2.05, 4.69) is 10.6 Å². The molecule has 1 atom stereocenters. The summed E-state index contributed by atoms with van der Waals surface area (Å²) in [7, 11) is 2.95. The highest BCUT2D eigenvalue weighted by Crippen LogP contribution is 2.37. The lowest BCUT2D eigenvalue weighted by Crippen LogP contribution is -2.28. The molecule has 186 valence electrons. The number of rotatable bonds is 7. The van der Waals surface area contributed by atoms with Crippen molar-refractivity contribution in [2.24, 2.45) is 5.92 Å². The van der Waals surface area contributed by atoms with Gasteiger partial charge in [-0.05, 0) is 37.6 Å². The van der Waals surface area contributed by atoms with E-state index in [4.69, 9.17) is 9.47 Å². The van der Waals surface area contributed by atoms with E-state index < -0.39 is 5.92 Å². The Labute approximate surface area is 210 Å². The van der Waals surface area contributed by atoms with Crippen LogP contribution in [-0.2, 0) is 9.59 Å². The van der Waals surface area contributed by atoms with Crippen LogP contribution in [0.2, 0.25) is 0 Å². The van der Waals surface area contributed by atoms with Crippen molar-refractivity contribution in [1.29, 1.82) is 0 Å². The minimum atomic E-state index is -0.522. The van der Waals surface area contributed by atoms with Crippen molar-refractivity contribution in [1.82, 2.24) is 0 Å². The monoisotopic (exact) mass is 487 g/mol. The first-order valence-corrected chi connectivity index (χ1v) is 11.6. The standard InChI is InChI=1S/C28H29N3O5/c1-17-10-11-23(18(2)12-17)31-16-20(13-26(31)32)28(34)30-22-15-24(35-3)21(14-25(22)36-4)29-27(33)19-8-6-5-7-9-19/h5-12,14-15,20H,13,16H2,1-4H3,(H,29,33)(H,30,34). The Morgan fingerprint density at radius 2 is 1.53 bits per heavy atom. The van der Waals surface area contributed by atoms with Gasteiger partial charge in [0, 0.05) is 36.3 Å². The van der Waals surface area contributed by atoms with Crippen LogP contribution in [0, 0.1) is 19.8 Å². The summed E-state index contributed by atoms with van der Waals surface area (Å²) in [6.07, 6.45) is 0.115. The van der Waals surface area contributed by atoms with Crippen molar-refractivity contribution in [2.45, 2.75) is 20.3 Å². The van der Waals surface area contributed by atoms with Crippen molar-refractivity contribution in [2.75, 3.05) is 36.3 Å². The second-order valence-corrected chi connectivity index (χ2v) is 8.76. The Kier molecular flexibility index (Phi) is 7.24. The third-order valence-corrected chi connectivity index (χ3v) is 6.20. The maximum absolute atomic E-state index is 13.1. The van der Waals surface area contributed by atoms with Gasteiger partial charge >= 0.3 is 0 Å². The van der Waals surface area contributed by atoms with E-state index in [0.29, 0.717) is 35.0 Å². The summed E-state index contributed by atoms with van der Waals surface area (Å²) in [5.74, 6) is -0.504. The fourth-order valence-corrected chi connectivity index (χ4v) is 4.34. The molecule has 1 saturated heterocycles. The Morgan fingerprint density at radius 1 is 0.889 bits per heavy atom. The molecule has 3 aromatic carbocycles. The quantitative estimate of drug-likeness (QED) is 0.509. The zero-order valence-corrected chi connectivity index (χ0v) is 20.8. The van der Waals surface area contributed by atoms with Crippen LogP contribution in [0.1, 0.15) is 27.9 Å². The number of hydrogen-bond donors (Lipinski definition) is 2. The average molecular weight is 488 g/mol. The summed E-state index contributed by atoms with van der Waals surface area (Å²) >= 11 is 0. The third-order valence-electron chi connectivity index (χ3n) is 6.20. The topological polar surface area (TPSA) is 97.0 Å². The van der Waals surface area contributed by atoms with E-state index in [1.807, 2.05) is 38.1 Å². The number of benzene rings is 3. The van der Waals surface area contributed by atoms with Gasteiger partial charge in [0.05, 0.1) is 31.5 Å². The average Bonchev–Trinajstić information content (AvgIpc) is 3.26. The third kappa shape index (κ3) is 5.17. The smallest absolute Gasteiger partial charge is 0.255 e. The van der Waals surface area contributed by atoms with E-state index in [1.165, 1.54) is 14.2 Å². The van der Waals surface area contributed by atoms with Gasteiger partial charge in [0.1, 0.15) is 11.5 Å². The van der Waals surface area contributed by atoms with E-state index in [0.717, 1.165) is 16.8 Å². The highest BCUT2D eigenvalue weighted by Gasteiger charge is 2.36. The molecule has 0 bridgehead atoms. The van der Waals surface area contributed by atoms with E-state index >= 15 is 0 Å². The molecule has 4 rings (SSSR count). The molecule has 2 N–H and O–H groups in total. The normalized spacial score (nSPS) is 14.9. The molecular formula is C28H29N3O5. The zero-order chi connectivity index (χ0) is 25.8. The van der Waals surface area contributed by atoms with Crippen LogP contribution in [0.15, 0.2) is 60.7 Å². The molecule has 8 nitrogen and oxygen atoms in total. The molecule has 0 spiro atoms. The van der Waals surface area contributed by atoms with Crippen LogP contribution in [0.3, 0.4) is 0 Å². The van der Waals surface area contributed by atoms with E-state index in [-0.39, 0.29) is 24.1 Å². The highest BCUT2D eigenvalue weighted by atomic mass is 16.5. The van der Waals surface area contributed by atoms with Crippen LogP contribution >= 0.6 is 0 Å². The molecule has 0 radical (unpaired) electrons. The number of nitrogens with one attached hydrogen (secondary N) is 2. The minimum absolute atomic E-state index is 0.0920. The van der Waals surface area contributed by atoms with E-state index in [9.17, 15) is 14.4 Å². The predicted octanol–water partition coefficient (Wildman–Crippen LogP) is 4.56. The van der Waals surface area contributed by atoms with Gasteiger partial charge in [-0.3, -0.25) is 14.4 Å². The van der Waals surface area contributed by atoms with Crippen LogP contribution < -0.4 is 25.0 Å². The minimum Gasteiger partial charge on any atom is -0.494 e. The first-order chi connectivity index (χ1) is 17.3. The fraction of sp³-hybridized carbons (Fsp3) is 0.250. The van der Waals surface area contributed by atoms with Crippen LogP contribution in [0.25, 0.3) is 0 Å². The lowest BCUT2D eigenvalue weighted by molar-refractivity contribution is -0.122. The number of carbonyl (C=O) groups is 3. The molecule has 0 aromatic heterocycles. The summed E-state index contributed by atoms with van der Waals surface area (Å²) in [6, 6.07) is 17.9. The molecule has 3 aromatic rings. The SMILES string of the molecule is COc1cc(NC(=O)C2CC(=O)N(c3ccc(C)cc3C)C2)c(OC)cc1NC(=O)c1ccccc1. The van der Waals surface area contributed by atoms with Gasteiger partial charge < -0.3 is 25.0 Å². The number of nitrogens with zero attached hydrogens (tertiary/aromatic N) is 1. The Bertz CT molecular complexity index is 1310. The molecule has 1 aliphatic rings. The molecule has 1 aliphatic heterocycles. The van der Waals surface area contributed by atoms with Gasteiger partial charge in [0.25, 0.3) is 5.91 Å². The maximum Gasteiger partial charge on any atom is 0.255 e. The highest BCUT2D eigenvalue weighted by molar-refractivity contribution is 6.06.